The molecule has 0 saturated carbocycles. The summed E-state index contributed by atoms with van der Waals surface area (Å²) in [6.45, 7) is 0.0507. The lowest BCUT2D eigenvalue weighted by atomic mass is 10.1. The molecule has 3 aromatic rings. The van der Waals surface area contributed by atoms with E-state index in [1.807, 2.05) is 18.2 Å². The minimum Gasteiger partial charge on any atom is -0.459 e. The van der Waals surface area contributed by atoms with Crippen molar-refractivity contribution in [1.82, 2.24) is 5.32 Å². The molecule has 5 heteroatoms. The van der Waals surface area contributed by atoms with Crippen LogP contribution in [0.5, 0.6) is 0 Å². The molecule has 5 nitrogen and oxygen atoms in total. The summed E-state index contributed by atoms with van der Waals surface area (Å²) >= 11 is 0. The summed E-state index contributed by atoms with van der Waals surface area (Å²) in [5.41, 5.74) is 2.39. The highest BCUT2D eigenvalue weighted by atomic mass is 16.5. The lowest BCUT2D eigenvalue weighted by molar-refractivity contribution is -0.147. The van der Waals surface area contributed by atoms with Crippen LogP contribution < -0.4 is 5.32 Å². The van der Waals surface area contributed by atoms with Gasteiger partial charge in [-0.3, -0.25) is 4.79 Å². The van der Waals surface area contributed by atoms with Gasteiger partial charge >= 0.3 is 5.97 Å². The SMILES string of the molecule is N#Cc1ccc(COC(=O)C(NC(=O)c2ccccc2)c2ccccc2)cc1. The Labute approximate surface area is 163 Å². The Morgan fingerprint density at radius 3 is 2.11 bits per heavy atom. The van der Waals surface area contributed by atoms with E-state index in [9.17, 15) is 9.59 Å². The molecule has 0 spiro atoms. The molecule has 1 atom stereocenters. The second-order valence-corrected chi connectivity index (χ2v) is 6.10. The zero-order valence-electron chi connectivity index (χ0n) is 15.0. The average Bonchev–Trinajstić information content (AvgIpc) is 2.77. The van der Waals surface area contributed by atoms with Crippen molar-refractivity contribution in [3.8, 4) is 6.07 Å². The molecule has 0 aliphatic carbocycles. The first kappa shape index (κ1) is 18.9. The molecule has 28 heavy (non-hydrogen) atoms. The van der Waals surface area contributed by atoms with Gasteiger partial charge in [0.2, 0.25) is 0 Å². The van der Waals surface area contributed by atoms with E-state index in [2.05, 4.69) is 5.32 Å². The first-order valence-electron chi connectivity index (χ1n) is 8.74. The number of ether oxygens (including phenoxy) is 1. The van der Waals surface area contributed by atoms with Crippen LogP contribution in [0.25, 0.3) is 0 Å². The number of nitrogens with one attached hydrogen (secondary N) is 1. The van der Waals surface area contributed by atoms with E-state index in [-0.39, 0.29) is 12.5 Å². The number of benzene rings is 3. The molecule has 3 aromatic carbocycles. The predicted octanol–water partition coefficient (Wildman–Crippen LogP) is 3.77. The van der Waals surface area contributed by atoms with Crippen molar-refractivity contribution in [2.45, 2.75) is 12.6 Å². The number of rotatable bonds is 6. The van der Waals surface area contributed by atoms with Gasteiger partial charge in [-0.25, -0.2) is 4.79 Å². The number of hydrogen-bond acceptors (Lipinski definition) is 4. The topological polar surface area (TPSA) is 79.2 Å². The van der Waals surface area contributed by atoms with Gasteiger partial charge in [0.1, 0.15) is 6.61 Å². The number of carbonyl (C=O) groups is 2. The highest BCUT2D eigenvalue weighted by Gasteiger charge is 2.24. The second-order valence-electron chi connectivity index (χ2n) is 6.10. The Morgan fingerprint density at radius 1 is 0.893 bits per heavy atom. The minimum absolute atomic E-state index is 0.0507. The Bertz CT molecular complexity index is 978. The van der Waals surface area contributed by atoms with Gasteiger partial charge in [0.15, 0.2) is 6.04 Å². The van der Waals surface area contributed by atoms with Crippen molar-refractivity contribution in [2.75, 3.05) is 0 Å². The summed E-state index contributed by atoms with van der Waals surface area (Å²) in [5.74, 6) is -0.912. The van der Waals surface area contributed by atoms with Crippen LogP contribution in [-0.4, -0.2) is 11.9 Å². The third kappa shape index (κ3) is 4.83. The molecule has 0 aliphatic heterocycles. The first-order chi connectivity index (χ1) is 13.7. The average molecular weight is 370 g/mol. The van der Waals surface area contributed by atoms with Gasteiger partial charge in [-0.15, -0.1) is 0 Å². The summed E-state index contributed by atoms with van der Waals surface area (Å²) in [6.07, 6.45) is 0. The third-order valence-electron chi connectivity index (χ3n) is 4.14. The summed E-state index contributed by atoms with van der Waals surface area (Å²) in [4.78, 5) is 25.2. The zero-order valence-corrected chi connectivity index (χ0v) is 15.0. The molecule has 0 aliphatic rings. The van der Waals surface area contributed by atoms with Crippen LogP contribution in [0.2, 0.25) is 0 Å². The van der Waals surface area contributed by atoms with Gasteiger partial charge < -0.3 is 10.1 Å². The van der Waals surface area contributed by atoms with Crippen molar-refractivity contribution in [3.63, 3.8) is 0 Å². The fourth-order valence-corrected chi connectivity index (χ4v) is 2.64. The van der Waals surface area contributed by atoms with Crippen molar-refractivity contribution in [2.24, 2.45) is 0 Å². The standard InChI is InChI=1S/C23H18N2O3/c24-15-17-11-13-18(14-12-17)16-28-23(27)21(19-7-3-1-4-8-19)25-22(26)20-9-5-2-6-10-20/h1-14,21H,16H2,(H,25,26). The van der Waals surface area contributed by atoms with Crippen LogP contribution in [-0.2, 0) is 16.1 Å². The highest BCUT2D eigenvalue weighted by molar-refractivity contribution is 5.97. The van der Waals surface area contributed by atoms with Crippen LogP contribution in [0.1, 0.15) is 33.1 Å². The third-order valence-corrected chi connectivity index (χ3v) is 4.14. The lowest BCUT2D eigenvalue weighted by Gasteiger charge is -2.18. The maximum absolute atomic E-state index is 12.7. The van der Waals surface area contributed by atoms with Crippen LogP contribution >= 0.6 is 0 Å². The van der Waals surface area contributed by atoms with Gasteiger partial charge in [0, 0.05) is 5.56 Å². The number of nitrogens with zero attached hydrogens (tertiary/aromatic N) is 1. The van der Waals surface area contributed by atoms with E-state index in [1.165, 1.54) is 0 Å². The molecule has 138 valence electrons. The molecule has 0 fully saturated rings. The van der Waals surface area contributed by atoms with E-state index in [4.69, 9.17) is 10.00 Å². The number of esters is 1. The molecule has 0 heterocycles. The summed E-state index contributed by atoms with van der Waals surface area (Å²) < 4.78 is 5.42. The van der Waals surface area contributed by atoms with Crippen LogP contribution in [0, 0.1) is 11.3 Å². The molecule has 3 rings (SSSR count). The van der Waals surface area contributed by atoms with Gasteiger partial charge in [-0.05, 0) is 35.4 Å². The minimum atomic E-state index is -0.924. The quantitative estimate of drug-likeness (QED) is 0.670. The molecule has 1 N–H and O–H groups in total. The summed E-state index contributed by atoms with van der Waals surface area (Å²) in [7, 11) is 0. The first-order valence-corrected chi connectivity index (χ1v) is 8.74. The molecular formula is C23H18N2O3. The number of amides is 1. The molecule has 1 amide bonds. The van der Waals surface area contributed by atoms with E-state index in [0.717, 1.165) is 5.56 Å². The van der Waals surface area contributed by atoms with Crippen molar-refractivity contribution >= 4 is 11.9 Å². The number of carbonyl (C=O) groups excluding carboxylic acids is 2. The maximum atomic E-state index is 12.7. The summed E-state index contributed by atoms with van der Waals surface area (Å²) in [6, 6.07) is 25.5. The van der Waals surface area contributed by atoms with E-state index in [0.29, 0.717) is 16.7 Å². The fraction of sp³-hybridized carbons (Fsp3) is 0.0870. The van der Waals surface area contributed by atoms with E-state index >= 15 is 0 Å². The van der Waals surface area contributed by atoms with Crippen LogP contribution in [0.15, 0.2) is 84.9 Å². The van der Waals surface area contributed by atoms with Gasteiger partial charge in [-0.1, -0.05) is 60.7 Å². The Balaban J connectivity index is 1.73. The molecule has 0 aromatic heterocycles. The largest absolute Gasteiger partial charge is 0.459 e. The number of hydrogen-bond donors (Lipinski definition) is 1. The monoisotopic (exact) mass is 370 g/mol. The highest BCUT2D eigenvalue weighted by Crippen LogP contribution is 2.17. The summed E-state index contributed by atoms with van der Waals surface area (Å²) in [5, 5.41) is 11.6. The van der Waals surface area contributed by atoms with Crippen molar-refractivity contribution < 1.29 is 14.3 Å². The maximum Gasteiger partial charge on any atom is 0.333 e. The van der Waals surface area contributed by atoms with E-state index < -0.39 is 12.0 Å². The Morgan fingerprint density at radius 2 is 1.50 bits per heavy atom. The van der Waals surface area contributed by atoms with Gasteiger partial charge in [0.25, 0.3) is 5.91 Å². The molecule has 0 bridgehead atoms. The Kier molecular flexibility index (Phi) is 6.17. The second kappa shape index (κ2) is 9.15. The van der Waals surface area contributed by atoms with Crippen LogP contribution in [0.4, 0.5) is 0 Å². The van der Waals surface area contributed by atoms with E-state index in [1.54, 1.807) is 72.8 Å². The normalized spacial score (nSPS) is 11.1. The zero-order chi connectivity index (χ0) is 19.8. The van der Waals surface area contributed by atoms with Crippen molar-refractivity contribution in [1.29, 1.82) is 5.26 Å². The van der Waals surface area contributed by atoms with Gasteiger partial charge in [-0.2, -0.15) is 5.26 Å². The molecule has 0 saturated heterocycles. The number of nitriles is 1. The fourth-order valence-electron chi connectivity index (χ4n) is 2.64. The lowest BCUT2D eigenvalue weighted by Crippen LogP contribution is -2.34. The predicted molar refractivity (Wildman–Crippen MR) is 104 cm³/mol. The molecule has 0 radical (unpaired) electrons. The van der Waals surface area contributed by atoms with Gasteiger partial charge in [0.05, 0.1) is 11.6 Å². The smallest absolute Gasteiger partial charge is 0.333 e. The van der Waals surface area contributed by atoms with Crippen molar-refractivity contribution in [3.05, 3.63) is 107 Å². The molecular weight excluding hydrogens is 352 g/mol. The molecule has 1 unspecified atom stereocenters. The van der Waals surface area contributed by atoms with Crippen LogP contribution in [0.3, 0.4) is 0 Å². The Hall–Kier alpha value is -3.91.